The number of aliphatic imine (C=N–C) groups is 1. The Kier molecular flexibility index (Phi) is 4.94. The van der Waals surface area contributed by atoms with E-state index in [9.17, 15) is 8.42 Å². The summed E-state index contributed by atoms with van der Waals surface area (Å²) in [7, 11) is -3.87. The highest BCUT2D eigenvalue weighted by atomic mass is 32.2. The van der Waals surface area contributed by atoms with E-state index in [1.54, 1.807) is 32.4 Å². The molecule has 0 heterocycles. The maximum Gasteiger partial charge on any atom is 0.240 e. The summed E-state index contributed by atoms with van der Waals surface area (Å²) < 4.78 is 23.2. The number of rotatable bonds is 2. The summed E-state index contributed by atoms with van der Waals surface area (Å²) >= 11 is 1.20. The first kappa shape index (κ1) is 15.5. The molecule has 8 heteroatoms. The molecule has 1 aromatic rings. The number of hydrogen-bond acceptors (Lipinski definition) is 5. The van der Waals surface area contributed by atoms with Crippen LogP contribution in [0.4, 0.5) is 5.69 Å². The van der Waals surface area contributed by atoms with Crippen LogP contribution in [0, 0.1) is 25.3 Å². The van der Waals surface area contributed by atoms with Gasteiger partial charge in [-0.3, -0.25) is 5.32 Å². The monoisotopic (exact) mass is 298 g/mol. The van der Waals surface area contributed by atoms with Gasteiger partial charge in [0, 0.05) is 0 Å². The molecule has 0 amide bonds. The minimum atomic E-state index is -3.87. The van der Waals surface area contributed by atoms with E-state index in [1.807, 2.05) is 0 Å². The summed E-state index contributed by atoms with van der Waals surface area (Å²) in [6, 6.07) is 3.27. The quantitative estimate of drug-likeness (QED) is 0.371. The highest BCUT2D eigenvalue weighted by molar-refractivity contribution is 8.13. The number of thioether (sulfide) groups is 1. The van der Waals surface area contributed by atoms with Crippen LogP contribution in [0.5, 0.6) is 0 Å². The van der Waals surface area contributed by atoms with Gasteiger partial charge in [-0.15, -0.1) is 0 Å². The molecule has 0 radical (unpaired) electrons. The van der Waals surface area contributed by atoms with E-state index in [0.29, 0.717) is 10.7 Å². The van der Waals surface area contributed by atoms with Gasteiger partial charge in [-0.05, 0) is 37.3 Å². The lowest BCUT2D eigenvalue weighted by molar-refractivity contribution is 0.598. The average Bonchev–Trinajstić information content (AvgIpc) is 2.29. The fourth-order valence-corrected chi connectivity index (χ4v) is 2.71. The number of sulfonamides is 1. The molecular formula is C11H14N4O2S2. The van der Waals surface area contributed by atoms with Crippen LogP contribution in [0.1, 0.15) is 11.1 Å². The molecule has 0 spiro atoms. The molecule has 0 atom stereocenters. The molecule has 19 heavy (non-hydrogen) atoms. The van der Waals surface area contributed by atoms with Gasteiger partial charge >= 0.3 is 0 Å². The third kappa shape index (κ3) is 3.96. The molecule has 0 bridgehead atoms. The van der Waals surface area contributed by atoms with Crippen LogP contribution >= 0.6 is 11.8 Å². The summed E-state index contributed by atoms with van der Waals surface area (Å²) in [5, 5.41) is 16.5. The first-order chi connectivity index (χ1) is 8.79. The molecule has 0 saturated carbocycles. The van der Waals surface area contributed by atoms with Gasteiger partial charge in [0.25, 0.3) is 0 Å². The van der Waals surface area contributed by atoms with Gasteiger partial charge in [-0.1, -0.05) is 17.8 Å². The number of aryl methyl sites for hydroxylation is 2. The van der Waals surface area contributed by atoms with Crippen LogP contribution in [0.15, 0.2) is 22.0 Å². The SMILES string of the molecule is CSC(=Nc1c(C)cc(C)cc1S(N)(=O)=O)NC#N. The van der Waals surface area contributed by atoms with Crippen molar-refractivity contribution in [2.75, 3.05) is 6.26 Å². The molecule has 0 unspecified atom stereocenters. The van der Waals surface area contributed by atoms with E-state index in [4.69, 9.17) is 10.4 Å². The normalized spacial score (nSPS) is 12.1. The summed E-state index contributed by atoms with van der Waals surface area (Å²) in [4.78, 5) is 4.12. The Morgan fingerprint density at radius 3 is 2.58 bits per heavy atom. The number of amidine groups is 1. The van der Waals surface area contributed by atoms with E-state index in [2.05, 4.69) is 10.3 Å². The first-order valence-corrected chi connectivity index (χ1v) is 7.98. The number of hydrogen-bond donors (Lipinski definition) is 2. The minimum Gasteiger partial charge on any atom is -0.271 e. The third-order valence-electron chi connectivity index (χ3n) is 2.29. The zero-order valence-corrected chi connectivity index (χ0v) is 12.4. The topological polar surface area (TPSA) is 108 Å². The summed E-state index contributed by atoms with van der Waals surface area (Å²) in [6.45, 7) is 3.52. The molecule has 1 rings (SSSR count). The van der Waals surface area contributed by atoms with Crippen molar-refractivity contribution in [2.45, 2.75) is 18.7 Å². The molecule has 6 nitrogen and oxygen atoms in total. The highest BCUT2D eigenvalue weighted by Crippen LogP contribution is 2.29. The van der Waals surface area contributed by atoms with Crippen molar-refractivity contribution in [1.82, 2.24) is 5.32 Å². The molecule has 0 aliphatic carbocycles. The highest BCUT2D eigenvalue weighted by Gasteiger charge is 2.17. The fourth-order valence-electron chi connectivity index (χ4n) is 1.56. The largest absolute Gasteiger partial charge is 0.271 e. The maximum absolute atomic E-state index is 11.6. The summed E-state index contributed by atoms with van der Waals surface area (Å²) in [6.07, 6.45) is 3.47. The third-order valence-corrected chi connectivity index (χ3v) is 3.79. The molecule has 0 fully saturated rings. The van der Waals surface area contributed by atoms with Crippen molar-refractivity contribution >= 4 is 32.6 Å². The predicted molar refractivity (Wildman–Crippen MR) is 76.6 cm³/mol. The molecule has 1 aromatic carbocycles. The van der Waals surface area contributed by atoms with Crippen LogP contribution in [-0.2, 0) is 10.0 Å². The molecule has 0 saturated heterocycles. The van der Waals surface area contributed by atoms with E-state index in [-0.39, 0.29) is 10.6 Å². The second kappa shape index (κ2) is 6.06. The van der Waals surface area contributed by atoms with Crippen LogP contribution in [0.3, 0.4) is 0 Å². The zero-order valence-electron chi connectivity index (χ0n) is 10.8. The lowest BCUT2D eigenvalue weighted by Crippen LogP contribution is -2.15. The Morgan fingerprint density at radius 1 is 1.47 bits per heavy atom. The van der Waals surface area contributed by atoms with Gasteiger partial charge in [0.1, 0.15) is 4.90 Å². The first-order valence-electron chi connectivity index (χ1n) is 5.21. The van der Waals surface area contributed by atoms with E-state index < -0.39 is 10.0 Å². The number of primary sulfonamides is 1. The predicted octanol–water partition coefficient (Wildman–Crippen LogP) is 1.37. The maximum atomic E-state index is 11.6. The molecule has 0 aromatic heterocycles. The van der Waals surface area contributed by atoms with Gasteiger partial charge in [-0.2, -0.15) is 5.26 Å². The Morgan fingerprint density at radius 2 is 2.11 bits per heavy atom. The summed E-state index contributed by atoms with van der Waals surface area (Å²) in [5.41, 5.74) is 1.70. The fraction of sp³-hybridized carbons (Fsp3) is 0.273. The average molecular weight is 298 g/mol. The van der Waals surface area contributed by atoms with Crippen LogP contribution in [0.25, 0.3) is 0 Å². The number of nitrogens with one attached hydrogen (secondary N) is 1. The van der Waals surface area contributed by atoms with Gasteiger partial charge in [0.05, 0.1) is 5.69 Å². The van der Waals surface area contributed by atoms with E-state index in [0.717, 1.165) is 5.56 Å². The molecule has 0 aliphatic rings. The van der Waals surface area contributed by atoms with Gasteiger partial charge in [0.15, 0.2) is 11.4 Å². The number of nitrogens with two attached hydrogens (primary N) is 1. The van der Waals surface area contributed by atoms with Crippen LogP contribution in [-0.4, -0.2) is 19.8 Å². The molecular weight excluding hydrogens is 284 g/mol. The van der Waals surface area contributed by atoms with Crippen molar-refractivity contribution in [2.24, 2.45) is 10.1 Å². The van der Waals surface area contributed by atoms with Crippen molar-refractivity contribution < 1.29 is 8.42 Å². The van der Waals surface area contributed by atoms with Crippen LogP contribution in [0.2, 0.25) is 0 Å². The number of benzene rings is 1. The molecule has 0 aliphatic heterocycles. The van der Waals surface area contributed by atoms with E-state index >= 15 is 0 Å². The molecule has 102 valence electrons. The van der Waals surface area contributed by atoms with Crippen LogP contribution < -0.4 is 10.5 Å². The van der Waals surface area contributed by atoms with Gasteiger partial charge in [-0.25, -0.2) is 18.5 Å². The number of nitrogens with zero attached hydrogens (tertiary/aromatic N) is 2. The minimum absolute atomic E-state index is 0.0451. The molecule has 3 N–H and O–H groups in total. The number of nitriles is 1. The Bertz CT molecular complexity index is 660. The van der Waals surface area contributed by atoms with Crippen molar-refractivity contribution in [3.05, 3.63) is 23.3 Å². The standard InChI is InChI=1S/C11H14N4O2S2/c1-7-4-8(2)10(9(5-7)19(13,16)17)15-11(18-3)14-6-12/h4-5H,1-3H3,(H,14,15)(H2,13,16,17). The lowest BCUT2D eigenvalue weighted by Gasteiger charge is -2.10. The lowest BCUT2D eigenvalue weighted by atomic mass is 10.1. The van der Waals surface area contributed by atoms with Gasteiger partial charge < -0.3 is 0 Å². The van der Waals surface area contributed by atoms with Gasteiger partial charge in [0.2, 0.25) is 10.0 Å². The van der Waals surface area contributed by atoms with Crippen molar-refractivity contribution in [3.8, 4) is 6.19 Å². The Hall–Kier alpha value is -1.56. The zero-order chi connectivity index (χ0) is 14.6. The van der Waals surface area contributed by atoms with Crippen molar-refractivity contribution in [1.29, 1.82) is 5.26 Å². The Labute approximate surface area is 116 Å². The smallest absolute Gasteiger partial charge is 0.240 e. The van der Waals surface area contributed by atoms with E-state index in [1.165, 1.54) is 17.8 Å². The van der Waals surface area contributed by atoms with Crippen molar-refractivity contribution in [3.63, 3.8) is 0 Å². The summed E-state index contributed by atoms with van der Waals surface area (Å²) in [5.74, 6) is 0. The second-order valence-corrected chi connectivity index (χ2v) is 6.16. The second-order valence-electron chi connectivity index (χ2n) is 3.83. The Balaban J connectivity index is 3.55.